The van der Waals surface area contributed by atoms with E-state index in [4.69, 9.17) is 11.6 Å². The highest BCUT2D eigenvalue weighted by Crippen LogP contribution is 2.25. The van der Waals surface area contributed by atoms with Crippen LogP contribution in [0.25, 0.3) is 16.3 Å². The van der Waals surface area contributed by atoms with Gasteiger partial charge in [0.05, 0.1) is 0 Å². The molecule has 0 atom stereocenters. The summed E-state index contributed by atoms with van der Waals surface area (Å²) in [4.78, 5) is 2.47. The molecule has 0 amide bonds. The molecule has 4 heteroatoms. The maximum absolute atomic E-state index is 6.25. The number of unbranched alkanes of at least 4 members (excludes halogenated alkanes) is 2. The Kier molecular flexibility index (Phi) is 7.93. The van der Waals surface area contributed by atoms with Crippen molar-refractivity contribution in [2.75, 3.05) is 13.1 Å². The van der Waals surface area contributed by atoms with E-state index in [1.165, 1.54) is 46.5 Å². The molecule has 3 rings (SSSR count). The largest absolute Gasteiger partial charge is 0.377 e. The van der Waals surface area contributed by atoms with Crippen LogP contribution in [-0.2, 0) is 6.54 Å². The summed E-state index contributed by atoms with van der Waals surface area (Å²) in [6, 6.07) is 16.9. The number of benzene rings is 2. The predicted molar refractivity (Wildman–Crippen MR) is 123 cm³/mol. The molecule has 2 aromatic carbocycles. The van der Waals surface area contributed by atoms with Crippen molar-refractivity contribution in [1.82, 2.24) is 4.90 Å². The lowest BCUT2D eigenvalue weighted by Gasteiger charge is -2.19. The molecule has 0 radical (unpaired) electrons. The van der Waals surface area contributed by atoms with Gasteiger partial charge >= 0.3 is 0 Å². The smallest absolute Gasteiger partial charge is 0.264 e. The van der Waals surface area contributed by atoms with Crippen molar-refractivity contribution in [3.05, 3.63) is 70.3 Å². The summed E-state index contributed by atoms with van der Waals surface area (Å²) in [7, 11) is 0. The zero-order valence-corrected chi connectivity index (χ0v) is 18.5. The van der Waals surface area contributed by atoms with E-state index in [0.717, 1.165) is 24.7 Å². The van der Waals surface area contributed by atoms with E-state index in [0.29, 0.717) is 0 Å². The Morgan fingerprint density at radius 1 is 1.00 bits per heavy atom. The van der Waals surface area contributed by atoms with Gasteiger partial charge in [-0.2, -0.15) is 4.57 Å². The minimum absolute atomic E-state index is 0.795. The fourth-order valence-electron chi connectivity index (χ4n) is 3.28. The first-order valence-corrected chi connectivity index (χ1v) is 11.5. The Bertz CT molecular complexity index is 894. The number of halogens is 1. The summed E-state index contributed by atoms with van der Waals surface area (Å²) in [5.41, 5.74) is 2.55. The maximum Gasteiger partial charge on any atom is 0.264 e. The first-order valence-electron chi connectivity index (χ1n) is 10.3. The number of nitrogens with zero attached hydrogens (tertiary/aromatic N) is 2. The van der Waals surface area contributed by atoms with E-state index in [2.05, 4.69) is 78.1 Å². The standard InChI is InChI=1S/C24H30ClN2S/c1-3-5-15-26(16-6-4-2)17-14-24-27(19-20-10-8-7-9-11-20)22-13-12-21(25)18-23(22)28-24/h7-14,17-18H,3-6,15-16,19H2,1-2H3/q+1. The van der Waals surface area contributed by atoms with E-state index < -0.39 is 0 Å². The van der Waals surface area contributed by atoms with Gasteiger partial charge in [-0.3, -0.25) is 0 Å². The average molecular weight is 414 g/mol. The normalized spacial score (nSPS) is 11.5. The molecule has 0 aliphatic carbocycles. The first-order chi connectivity index (χ1) is 13.7. The van der Waals surface area contributed by atoms with E-state index in [-0.39, 0.29) is 0 Å². The first kappa shape index (κ1) is 20.9. The predicted octanol–water partition coefficient (Wildman–Crippen LogP) is 6.76. The lowest BCUT2D eigenvalue weighted by molar-refractivity contribution is -0.659. The second-order valence-electron chi connectivity index (χ2n) is 7.18. The van der Waals surface area contributed by atoms with Gasteiger partial charge < -0.3 is 4.90 Å². The molecular formula is C24H30ClN2S+. The second kappa shape index (κ2) is 10.6. The summed E-state index contributed by atoms with van der Waals surface area (Å²) in [5.74, 6) is 0. The van der Waals surface area contributed by atoms with Crippen LogP contribution in [0.4, 0.5) is 0 Å². The van der Waals surface area contributed by atoms with E-state index in [1.54, 1.807) is 0 Å². The van der Waals surface area contributed by atoms with Gasteiger partial charge in [-0.05, 0) is 25.0 Å². The van der Waals surface area contributed by atoms with Crippen LogP contribution in [-0.4, -0.2) is 18.0 Å². The third-order valence-corrected chi connectivity index (χ3v) is 6.25. The monoisotopic (exact) mass is 413 g/mol. The van der Waals surface area contributed by atoms with Gasteiger partial charge in [0.25, 0.3) is 5.01 Å². The molecule has 3 aromatic rings. The zero-order chi connectivity index (χ0) is 19.8. The average Bonchev–Trinajstić information content (AvgIpc) is 3.04. The van der Waals surface area contributed by atoms with Crippen molar-refractivity contribution < 1.29 is 4.57 Å². The molecule has 0 N–H and O–H groups in total. The number of rotatable bonds is 10. The van der Waals surface area contributed by atoms with Crippen molar-refractivity contribution in [3.63, 3.8) is 0 Å². The van der Waals surface area contributed by atoms with Gasteiger partial charge in [0, 0.05) is 42.0 Å². The third kappa shape index (κ3) is 5.59. The SMILES string of the molecule is CCCCN(C=Cc1sc2cc(Cl)ccc2[n+]1Cc1ccccc1)CCCC. The molecule has 0 aliphatic rings. The lowest BCUT2D eigenvalue weighted by atomic mass is 10.2. The van der Waals surface area contributed by atoms with Crippen LogP contribution < -0.4 is 4.57 Å². The van der Waals surface area contributed by atoms with Crippen molar-refractivity contribution in [2.45, 2.75) is 46.1 Å². The van der Waals surface area contributed by atoms with Gasteiger partial charge in [0.2, 0.25) is 5.52 Å². The number of thiazole rings is 1. The molecule has 0 saturated carbocycles. The van der Waals surface area contributed by atoms with Crippen molar-refractivity contribution in [1.29, 1.82) is 0 Å². The second-order valence-corrected chi connectivity index (χ2v) is 8.68. The minimum Gasteiger partial charge on any atom is -0.377 e. The third-order valence-electron chi connectivity index (χ3n) is 4.90. The highest BCUT2D eigenvalue weighted by molar-refractivity contribution is 7.18. The van der Waals surface area contributed by atoms with Gasteiger partial charge in [-0.1, -0.05) is 80.0 Å². The van der Waals surface area contributed by atoms with Gasteiger partial charge in [0.15, 0.2) is 6.54 Å². The summed E-state index contributed by atoms with van der Waals surface area (Å²) in [6.07, 6.45) is 9.50. The molecule has 0 bridgehead atoms. The van der Waals surface area contributed by atoms with E-state index in [1.807, 2.05) is 17.4 Å². The quantitative estimate of drug-likeness (QED) is 0.333. The summed E-state index contributed by atoms with van der Waals surface area (Å²) in [6.45, 7) is 7.63. The van der Waals surface area contributed by atoms with E-state index in [9.17, 15) is 0 Å². The number of hydrogen-bond acceptors (Lipinski definition) is 2. The van der Waals surface area contributed by atoms with Crippen molar-refractivity contribution in [2.24, 2.45) is 0 Å². The van der Waals surface area contributed by atoms with Crippen LogP contribution >= 0.6 is 22.9 Å². The Labute approximate surface area is 178 Å². The van der Waals surface area contributed by atoms with Crippen molar-refractivity contribution in [3.8, 4) is 0 Å². The van der Waals surface area contributed by atoms with Crippen molar-refractivity contribution >= 4 is 39.2 Å². The fraction of sp³-hybridized carbons (Fsp3) is 0.375. The van der Waals surface area contributed by atoms with Crippen LogP contribution in [0.1, 0.15) is 50.1 Å². The topological polar surface area (TPSA) is 7.12 Å². The van der Waals surface area contributed by atoms with Crippen LogP contribution in [0, 0.1) is 0 Å². The highest BCUT2D eigenvalue weighted by atomic mass is 35.5. The Hall–Kier alpha value is -1.84. The molecule has 0 fully saturated rings. The Balaban J connectivity index is 1.92. The molecule has 0 spiro atoms. The molecule has 1 heterocycles. The van der Waals surface area contributed by atoms with E-state index >= 15 is 0 Å². The molecule has 0 saturated heterocycles. The van der Waals surface area contributed by atoms with Gasteiger partial charge in [-0.15, -0.1) is 0 Å². The Morgan fingerprint density at radius 2 is 1.71 bits per heavy atom. The lowest BCUT2D eigenvalue weighted by Crippen LogP contribution is -2.35. The van der Waals surface area contributed by atoms with Gasteiger partial charge in [-0.25, -0.2) is 0 Å². The fourth-order valence-corrected chi connectivity index (χ4v) is 4.62. The summed E-state index contributed by atoms with van der Waals surface area (Å²) < 4.78 is 3.64. The molecule has 0 aliphatic heterocycles. The number of fused-ring (bicyclic) bond motifs is 1. The molecule has 0 unspecified atom stereocenters. The highest BCUT2D eigenvalue weighted by Gasteiger charge is 2.19. The van der Waals surface area contributed by atoms with Gasteiger partial charge in [0.1, 0.15) is 4.70 Å². The Morgan fingerprint density at radius 3 is 2.39 bits per heavy atom. The van der Waals surface area contributed by atoms with Crippen LogP contribution in [0.2, 0.25) is 5.02 Å². The van der Waals surface area contributed by atoms with Crippen LogP contribution in [0.3, 0.4) is 0 Å². The summed E-state index contributed by atoms with van der Waals surface area (Å²) >= 11 is 8.07. The number of aromatic nitrogens is 1. The molecular weight excluding hydrogens is 384 g/mol. The molecule has 2 nitrogen and oxygen atoms in total. The summed E-state index contributed by atoms with van der Waals surface area (Å²) in [5, 5.41) is 2.06. The minimum atomic E-state index is 0.795. The zero-order valence-electron chi connectivity index (χ0n) is 16.9. The van der Waals surface area contributed by atoms with Crippen LogP contribution in [0.5, 0.6) is 0 Å². The maximum atomic E-state index is 6.25. The van der Waals surface area contributed by atoms with Crippen LogP contribution in [0.15, 0.2) is 54.7 Å². The molecule has 28 heavy (non-hydrogen) atoms. The number of hydrogen-bond donors (Lipinski definition) is 0. The molecule has 1 aromatic heterocycles. The molecule has 148 valence electrons.